The lowest BCUT2D eigenvalue weighted by atomic mass is 9.98. The smallest absolute Gasteiger partial charge is 0.226 e. The highest BCUT2D eigenvalue weighted by Gasteiger charge is 2.19. The molecule has 0 bridgehead atoms. The van der Waals surface area contributed by atoms with E-state index in [0.29, 0.717) is 13.0 Å². The van der Waals surface area contributed by atoms with E-state index in [1.165, 1.54) is 0 Å². The van der Waals surface area contributed by atoms with Gasteiger partial charge in [-0.2, -0.15) is 0 Å². The number of ether oxygens (including phenoxy) is 1. The molecule has 0 spiro atoms. The van der Waals surface area contributed by atoms with Gasteiger partial charge in [-0.25, -0.2) is 0 Å². The van der Waals surface area contributed by atoms with E-state index in [1.807, 2.05) is 24.3 Å². The Morgan fingerprint density at radius 1 is 1.47 bits per heavy atom. The molecule has 94 valence electrons. The fourth-order valence-electron chi connectivity index (χ4n) is 1.72. The SMILES string of the molecule is COc1cccc(CC(CN)C(=O)N(C)C)c1. The van der Waals surface area contributed by atoms with Crippen LogP contribution in [0.15, 0.2) is 24.3 Å². The van der Waals surface area contributed by atoms with Gasteiger partial charge in [-0.3, -0.25) is 4.79 Å². The number of methoxy groups -OCH3 is 1. The summed E-state index contributed by atoms with van der Waals surface area (Å²) in [5.41, 5.74) is 6.72. The minimum atomic E-state index is -0.169. The van der Waals surface area contributed by atoms with Crippen molar-refractivity contribution in [2.75, 3.05) is 27.7 Å². The molecule has 1 aromatic rings. The van der Waals surface area contributed by atoms with Crippen LogP contribution in [0.1, 0.15) is 5.56 Å². The maximum atomic E-state index is 11.8. The van der Waals surface area contributed by atoms with Gasteiger partial charge in [0.2, 0.25) is 5.91 Å². The second-order valence-corrected chi connectivity index (χ2v) is 4.22. The van der Waals surface area contributed by atoms with Crippen molar-refractivity contribution in [3.05, 3.63) is 29.8 Å². The topological polar surface area (TPSA) is 55.6 Å². The fourth-order valence-corrected chi connectivity index (χ4v) is 1.72. The lowest BCUT2D eigenvalue weighted by Gasteiger charge is -2.19. The fraction of sp³-hybridized carbons (Fsp3) is 0.462. The average molecular weight is 236 g/mol. The van der Waals surface area contributed by atoms with Crippen LogP contribution in [-0.2, 0) is 11.2 Å². The molecule has 0 fully saturated rings. The highest BCUT2D eigenvalue weighted by atomic mass is 16.5. The van der Waals surface area contributed by atoms with E-state index in [9.17, 15) is 4.79 Å². The van der Waals surface area contributed by atoms with Gasteiger partial charge in [0.25, 0.3) is 0 Å². The molecule has 0 saturated carbocycles. The number of carbonyl (C=O) groups excluding carboxylic acids is 1. The van der Waals surface area contributed by atoms with Crippen LogP contribution in [0, 0.1) is 5.92 Å². The zero-order chi connectivity index (χ0) is 12.8. The van der Waals surface area contributed by atoms with Crippen LogP contribution < -0.4 is 10.5 Å². The third kappa shape index (κ3) is 3.75. The molecule has 0 heterocycles. The quantitative estimate of drug-likeness (QED) is 0.826. The Kier molecular flexibility index (Phi) is 4.97. The van der Waals surface area contributed by atoms with Gasteiger partial charge in [-0.05, 0) is 24.1 Å². The van der Waals surface area contributed by atoms with E-state index >= 15 is 0 Å². The van der Waals surface area contributed by atoms with E-state index in [4.69, 9.17) is 10.5 Å². The standard InChI is InChI=1S/C13H20N2O2/c1-15(2)13(16)11(9-14)7-10-5-4-6-12(8-10)17-3/h4-6,8,11H,7,9,14H2,1-3H3. The third-order valence-corrected chi connectivity index (χ3v) is 2.69. The third-order valence-electron chi connectivity index (χ3n) is 2.69. The normalized spacial score (nSPS) is 12.0. The average Bonchev–Trinajstić information content (AvgIpc) is 2.35. The Morgan fingerprint density at radius 2 is 2.18 bits per heavy atom. The molecule has 1 atom stereocenters. The number of benzene rings is 1. The summed E-state index contributed by atoms with van der Waals surface area (Å²) in [7, 11) is 5.12. The first-order valence-electron chi connectivity index (χ1n) is 5.62. The highest BCUT2D eigenvalue weighted by Crippen LogP contribution is 2.16. The second kappa shape index (κ2) is 6.25. The summed E-state index contributed by atoms with van der Waals surface area (Å²) in [4.78, 5) is 13.4. The number of carbonyl (C=O) groups is 1. The summed E-state index contributed by atoms with van der Waals surface area (Å²) in [6.45, 7) is 0.355. The second-order valence-electron chi connectivity index (χ2n) is 4.22. The Morgan fingerprint density at radius 3 is 2.71 bits per heavy atom. The van der Waals surface area contributed by atoms with Gasteiger partial charge in [0.15, 0.2) is 0 Å². The van der Waals surface area contributed by atoms with Gasteiger partial charge in [0, 0.05) is 20.6 Å². The van der Waals surface area contributed by atoms with Crippen molar-refractivity contribution in [3.63, 3.8) is 0 Å². The monoisotopic (exact) mass is 236 g/mol. The Balaban J connectivity index is 2.76. The van der Waals surface area contributed by atoms with Crippen LogP contribution in [0.25, 0.3) is 0 Å². The van der Waals surface area contributed by atoms with Crippen molar-refractivity contribution in [1.29, 1.82) is 0 Å². The van der Waals surface area contributed by atoms with Gasteiger partial charge in [0.1, 0.15) is 5.75 Å². The van der Waals surface area contributed by atoms with Crippen molar-refractivity contribution in [1.82, 2.24) is 4.90 Å². The molecule has 0 aliphatic rings. The molecule has 4 heteroatoms. The lowest BCUT2D eigenvalue weighted by molar-refractivity contribution is -0.132. The molecule has 0 aliphatic heterocycles. The molecule has 0 aliphatic carbocycles. The largest absolute Gasteiger partial charge is 0.497 e. The summed E-state index contributed by atoms with van der Waals surface area (Å²) in [6.07, 6.45) is 0.644. The molecule has 1 amide bonds. The summed E-state index contributed by atoms with van der Waals surface area (Å²) in [6, 6.07) is 7.72. The summed E-state index contributed by atoms with van der Waals surface area (Å²) < 4.78 is 5.15. The first kappa shape index (κ1) is 13.5. The zero-order valence-corrected chi connectivity index (χ0v) is 10.6. The van der Waals surface area contributed by atoms with Crippen LogP contribution in [-0.4, -0.2) is 38.6 Å². The Hall–Kier alpha value is -1.55. The molecule has 0 aromatic heterocycles. The van der Waals surface area contributed by atoms with Gasteiger partial charge in [-0.15, -0.1) is 0 Å². The van der Waals surface area contributed by atoms with Gasteiger partial charge < -0.3 is 15.4 Å². The first-order chi connectivity index (χ1) is 8.08. The highest BCUT2D eigenvalue weighted by molar-refractivity contribution is 5.78. The van der Waals surface area contributed by atoms with Gasteiger partial charge in [-0.1, -0.05) is 12.1 Å². The van der Waals surface area contributed by atoms with E-state index in [2.05, 4.69) is 0 Å². The van der Waals surface area contributed by atoms with Crippen molar-refractivity contribution in [3.8, 4) is 5.75 Å². The molecule has 0 saturated heterocycles. The van der Waals surface area contributed by atoms with E-state index in [-0.39, 0.29) is 11.8 Å². The molecular weight excluding hydrogens is 216 g/mol. The van der Waals surface area contributed by atoms with Crippen molar-refractivity contribution < 1.29 is 9.53 Å². The van der Waals surface area contributed by atoms with Gasteiger partial charge >= 0.3 is 0 Å². The minimum absolute atomic E-state index is 0.0651. The molecule has 1 unspecified atom stereocenters. The maximum Gasteiger partial charge on any atom is 0.226 e. The number of nitrogens with zero attached hydrogens (tertiary/aromatic N) is 1. The first-order valence-corrected chi connectivity index (χ1v) is 5.62. The molecule has 2 N–H and O–H groups in total. The van der Waals surface area contributed by atoms with Crippen molar-refractivity contribution >= 4 is 5.91 Å². The number of nitrogens with two attached hydrogens (primary N) is 1. The van der Waals surface area contributed by atoms with Crippen LogP contribution >= 0.6 is 0 Å². The minimum Gasteiger partial charge on any atom is -0.497 e. The molecule has 17 heavy (non-hydrogen) atoms. The van der Waals surface area contributed by atoms with Crippen LogP contribution in [0.2, 0.25) is 0 Å². The van der Waals surface area contributed by atoms with Crippen LogP contribution in [0.3, 0.4) is 0 Å². The van der Waals surface area contributed by atoms with Gasteiger partial charge in [0.05, 0.1) is 13.0 Å². The summed E-state index contributed by atoms with van der Waals surface area (Å²) in [5, 5.41) is 0. The molecule has 4 nitrogen and oxygen atoms in total. The molecular formula is C13H20N2O2. The van der Waals surface area contributed by atoms with Crippen molar-refractivity contribution in [2.24, 2.45) is 11.7 Å². The predicted octanol–water partition coefficient (Wildman–Crippen LogP) is 0.901. The number of amides is 1. The number of hydrogen-bond donors (Lipinski definition) is 1. The Labute approximate surface area is 102 Å². The number of rotatable bonds is 5. The molecule has 1 aromatic carbocycles. The van der Waals surface area contributed by atoms with Crippen LogP contribution in [0.5, 0.6) is 5.75 Å². The molecule has 1 rings (SSSR count). The zero-order valence-electron chi connectivity index (χ0n) is 10.6. The van der Waals surface area contributed by atoms with Crippen molar-refractivity contribution in [2.45, 2.75) is 6.42 Å². The molecule has 0 radical (unpaired) electrons. The summed E-state index contributed by atoms with van der Waals surface area (Å²) in [5.74, 6) is 0.697. The maximum absolute atomic E-state index is 11.8. The Bertz CT molecular complexity index is 377. The lowest BCUT2D eigenvalue weighted by Crippen LogP contribution is -2.35. The van der Waals surface area contributed by atoms with E-state index in [1.54, 1.807) is 26.1 Å². The summed E-state index contributed by atoms with van der Waals surface area (Å²) >= 11 is 0. The predicted molar refractivity (Wildman–Crippen MR) is 67.9 cm³/mol. The van der Waals surface area contributed by atoms with E-state index in [0.717, 1.165) is 11.3 Å². The van der Waals surface area contributed by atoms with Crippen LogP contribution in [0.4, 0.5) is 0 Å². The number of hydrogen-bond acceptors (Lipinski definition) is 3. The van der Waals surface area contributed by atoms with E-state index < -0.39 is 0 Å².